The maximum absolute atomic E-state index is 12.0. The largest absolute Gasteiger partial charge is 0.505 e. The number of carbonyl (C=O) groups excluding carboxylic acids is 1. The van der Waals surface area contributed by atoms with Crippen molar-refractivity contribution in [3.8, 4) is 5.75 Å². The van der Waals surface area contributed by atoms with E-state index in [0.717, 1.165) is 10.0 Å². The number of rotatable bonds is 2. The summed E-state index contributed by atoms with van der Waals surface area (Å²) in [6.45, 7) is 1.89. The molecule has 0 saturated carbocycles. The number of nitrogens with one attached hydrogen (secondary N) is 1. The average molecular weight is 307 g/mol. The lowest BCUT2D eigenvalue weighted by Crippen LogP contribution is -2.13. The third kappa shape index (κ3) is 2.51. The van der Waals surface area contributed by atoms with Gasteiger partial charge >= 0.3 is 0 Å². The molecule has 0 aliphatic rings. The Morgan fingerprint density at radius 2 is 2.17 bits per heavy atom. The number of benzene rings is 1. The Kier molecular flexibility index (Phi) is 3.62. The molecule has 0 unspecified atom stereocenters. The summed E-state index contributed by atoms with van der Waals surface area (Å²) in [5.41, 5.74) is 1.83. The SMILES string of the molecule is Cc1c(Br)cccc1NC(=O)c1ccncc1O. The molecule has 1 aromatic heterocycles. The summed E-state index contributed by atoms with van der Waals surface area (Å²) >= 11 is 3.40. The highest BCUT2D eigenvalue weighted by Gasteiger charge is 2.12. The van der Waals surface area contributed by atoms with Gasteiger partial charge in [-0.15, -0.1) is 0 Å². The molecule has 0 radical (unpaired) electrons. The van der Waals surface area contributed by atoms with Crippen molar-refractivity contribution in [3.05, 3.63) is 52.3 Å². The summed E-state index contributed by atoms with van der Waals surface area (Å²) in [6.07, 6.45) is 2.70. The van der Waals surface area contributed by atoms with Gasteiger partial charge in [0.1, 0.15) is 5.75 Å². The number of hydrogen-bond acceptors (Lipinski definition) is 3. The van der Waals surface area contributed by atoms with Gasteiger partial charge in [-0.25, -0.2) is 0 Å². The van der Waals surface area contributed by atoms with E-state index in [1.165, 1.54) is 18.5 Å². The highest BCUT2D eigenvalue weighted by atomic mass is 79.9. The van der Waals surface area contributed by atoms with Gasteiger partial charge in [0.15, 0.2) is 0 Å². The molecule has 2 rings (SSSR count). The summed E-state index contributed by atoms with van der Waals surface area (Å²) in [5.74, 6) is -0.501. The molecule has 0 spiro atoms. The normalized spacial score (nSPS) is 10.1. The van der Waals surface area contributed by atoms with E-state index in [1.807, 2.05) is 19.1 Å². The summed E-state index contributed by atoms with van der Waals surface area (Å²) in [6, 6.07) is 7.00. The van der Waals surface area contributed by atoms with E-state index in [2.05, 4.69) is 26.2 Å². The molecule has 1 aromatic carbocycles. The number of nitrogens with zero attached hydrogens (tertiary/aromatic N) is 1. The van der Waals surface area contributed by atoms with Crippen LogP contribution in [-0.2, 0) is 0 Å². The van der Waals surface area contributed by atoms with Crippen LogP contribution in [0, 0.1) is 6.92 Å². The van der Waals surface area contributed by atoms with Crippen molar-refractivity contribution < 1.29 is 9.90 Å². The topological polar surface area (TPSA) is 62.2 Å². The van der Waals surface area contributed by atoms with Gasteiger partial charge in [0.2, 0.25) is 0 Å². The predicted octanol–water partition coefficient (Wildman–Crippen LogP) is 3.11. The van der Waals surface area contributed by atoms with Gasteiger partial charge in [0, 0.05) is 16.4 Å². The van der Waals surface area contributed by atoms with Gasteiger partial charge in [-0.2, -0.15) is 0 Å². The molecule has 2 N–H and O–H groups in total. The smallest absolute Gasteiger partial charge is 0.259 e. The van der Waals surface area contributed by atoms with Crippen LogP contribution in [0.3, 0.4) is 0 Å². The van der Waals surface area contributed by atoms with Crippen molar-refractivity contribution in [2.45, 2.75) is 6.92 Å². The van der Waals surface area contributed by atoms with Crippen molar-refractivity contribution >= 4 is 27.5 Å². The highest BCUT2D eigenvalue weighted by Crippen LogP contribution is 2.24. The van der Waals surface area contributed by atoms with Crippen molar-refractivity contribution in [2.75, 3.05) is 5.32 Å². The molecule has 0 fully saturated rings. The van der Waals surface area contributed by atoms with Crippen molar-refractivity contribution in [3.63, 3.8) is 0 Å². The van der Waals surface area contributed by atoms with Crippen molar-refractivity contribution in [1.29, 1.82) is 0 Å². The Morgan fingerprint density at radius 1 is 1.39 bits per heavy atom. The number of hydrogen-bond donors (Lipinski definition) is 2. The van der Waals surface area contributed by atoms with E-state index in [9.17, 15) is 9.90 Å². The number of halogens is 1. The molecule has 5 heteroatoms. The first-order valence-electron chi connectivity index (χ1n) is 5.29. The zero-order valence-corrected chi connectivity index (χ0v) is 11.2. The van der Waals surface area contributed by atoms with Gasteiger partial charge in [-0.3, -0.25) is 9.78 Å². The third-order valence-electron chi connectivity index (χ3n) is 2.56. The van der Waals surface area contributed by atoms with E-state index < -0.39 is 0 Å². The number of pyridine rings is 1. The highest BCUT2D eigenvalue weighted by molar-refractivity contribution is 9.10. The average Bonchev–Trinajstić information content (AvgIpc) is 2.35. The molecule has 0 saturated heterocycles. The van der Waals surface area contributed by atoms with Gasteiger partial charge in [0.25, 0.3) is 5.91 Å². The Hall–Kier alpha value is -1.88. The van der Waals surface area contributed by atoms with Crippen LogP contribution in [-0.4, -0.2) is 16.0 Å². The van der Waals surface area contributed by atoms with E-state index in [-0.39, 0.29) is 17.2 Å². The van der Waals surface area contributed by atoms with Gasteiger partial charge in [0.05, 0.1) is 11.8 Å². The lowest BCUT2D eigenvalue weighted by atomic mass is 10.2. The zero-order valence-electron chi connectivity index (χ0n) is 9.64. The Bertz CT molecular complexity index is 599. The molecule has 1 amide bonds. The van der Waals surface area contributed by atoms with E-state index in [0.29, 0.717) is 5.69 Å². The maximum Gasteiger partial charge on any atom is 0.259 e. The lowest BCUT2D eigenvalue weighted by Gasteiger charge is -2.10. The van der Waals surface area contributed by atoms with Crippen LogP contribution < -0.4 is 5.32 Å². The summed E-state index contributed by atoms with van der Waals surface area (Å²) in [7, 11) is 0. The fourth-order valence-corrected chi connectivity index (χ4v) is 1.88. The number of anilines is 1. The van der Waals surface area contributed by atoms with Crippen LogP contribution in [0.1, 0.15) is 15.9 Å². The monoisotopic (exact) mass is 306 g/mol. The minimum Gasteiger partial charge on any atom is -0.505 e. The Morgan fingerprint density at radius 3 is 2.89 bits per heavy atom. The second-order valence-electron chi connectivity index (χ2n) is 3.76. The molecule has 1 heterocycles. The fraction of sp³-hybridized carbons (Fsp3) is 0.0769. The van der Waals surface area contributed by atoms with Crippen molar-refractivity contribution in [2.24, 2.45) is 0 Å². The second kappa shape index (κ2) is 5.18. The van der Waals surface area contributed by atoms with Crippen LogP contribution in [0.4, 0.5) is 5.69 Å². The van der Waals surface area contributed by atoms with Gasteiger partial charge < -0.3 is 10.4 Å². The third-order valence-corrected chi connectivity index (χ3v) is 3.42. The first kappa shape index (κ1) is 12.6. The van der Waals surface area contributed by atoms with Crippen LogP contribution >= 0.6 is 15.9 Å². The summed E-state index contributed by atoms with van der Waals surface area (Å²) in [4.78, 5) is 15.7. The molecule has 4 nitrogen and oxygen atoms in total. The first-order valence-corrected chi connectivity index (χ1v) is 6.08. The molecule has 0 aliphatic heterocycles. The molecular formula is C13H11BrN2O2. The number of aromatic hydroxyl groups is 1. The van der Waals surface area contributed by atoms with Gasteiger partial charge in [-0.1, -0.05) is 22.0 Å². The standard InChI is InChI=1S/C13H11BrN2O2/c1-8-10(14)3-2-4-11(8)16-13(18)9-5-6-15-7-12(9)17/h2-7,17H,1H3,(H,16,18). The Balaban J connectivity index is 2.27. The van der Waals surface area contributed by atoms with E-state index in [4.69, 9.17) is 0 Å². The molecule has 0 bridgehead atoms. The number of aromatic nitrogens is 1. The fourth-order valence-electron chi connectivity index (χ4n) is 1.51. The second-order valence-corrected chi connectivity index (χ2v) is 4.61. The molecule has 0 aliphatic carbocycles. The van der Waals surface area contributed by atoms with Crippen LogP contribution in [0.25, 0.3) is 0 Å². The lowest BCUT2D eigenvalue weighted by molar-refractivity contribution is 0.102. The quantitative estimate of drug-likeness (QED) is 0.896. The van der Waals surface area contributed by atoms with Gasteiger partial charge in [-0.05, 0) is 30.7 Å². The van der Waals surface area contributed by atoms with Crippen LogP contribution in [0.15, 0.2) is 41.1 Å². The summed E-state index contributed by atoms with van der Waals surface area (Å²) < 4.78 is 0.916. The molecule has 92 valence electrons. The minimum absolute atomic E-state index is 0.136. The number of amides is 1. The van der Waals surface area contributed by atoms with E-state index in [1.54, 1.807) is 6.07 Å². The molecule has 0 atom stereocenters. The first-order chi connectivity index (χ1) is 8.59. The molecule has 18 heavy (non-hydrogen) atoms. The summed E-state index contributed by atoms with van der Waals surface area (Å²) in [5, 5.41) is 12.3. The van der Waals surface area contributed by atoms with E-state index >= 15 is 0 Å². The van der Waals surface area contributed by atoms with Crippen LogP contribution in [0.5, 0.6) is 5.75 Å². The zero-order chi connectivity index (χ0) is 13.1. The predicted molar refractivity (Wildman–Crippen MR) is 72.7 cm³/mol. The van der Waals surface area contributed by atoms with Crippen molar-refractivity contribution in [1.82, 2.24) is 4.98 Å². The number of carbonyl (C=O) groups is 1. The molecular weight excluding hydrogens is 296 g/mol. The minimum atomic E-state index is -0.365. The van der Waals surface area contributed by atoms with Crippen LogP contribution in [0.2, 0.25) is 0 Å². The Labute approximate surface area is 113 Å². The molecule has 2 aromatic rings. The maximum atomic E-state index is 12.0.